The van der Waals surface area contributed by atoms with Gasteiger partial charge in [0.2, 0.25) is 0 Å². The molecule has 0 spiro atoms. The largest absolute Gasteiger partial charge is 0.489 e. The van der Waals surface area contributed by atoms with Crippen molar-refractivity contribution >= 4 is 23.4 Å². The third-order valence-electron chi connectivity index (χ3n) is 5.41. The van der Waals surface area contributed by atoms with Crippen molar-refractivity contribution in [1.29, 1.82) is 0 Å². The van der Waals surface area contributed by atoms with E-state index in [2.05, 4.69) is 22.0 Å². The van der Waals surface area contributed by atoms with E-state index in [1.807, 2.05) is 17.0 Å². The molecule has 6 nitrogen and oxygen atoms in total. The molecule has 0 atom stereocenters. The minimum absolute atomic E-state index is 0.0418. The Morgan fingerprint density at radius 1 is 1.06 bits per heavy atom. The Hall–Kier alpha value is -3.16. The first-order chi connectivity index (χ1) is 15.5. The fraction of sp³-hybridized carbons (Fsp3) is 0.250. The molecule has 0 aliphatic carbocycles. The van der Waals surface area contributed by atoms with Gasteiger partial charge in [0.15, 0.2) is 0 Å². The molecule has 0 saturated carbocycles. The Kier molecular flexibility index (Phi) is 6.87. The first-order valence-corrected chi connectivity index (χ1v) is 10.7. The quantitative estimate of drug-likeness (QED) is 0.567. The number of rotatable bonds is 7. The van der Waals surface area contributed by atoms with Crippen LogP contribution in [-0.4, -0.2) is 47.1 Å². The van der Waals surface area contributed by atoms with E-state index in [4.69, 9.17) is 16.3 Å². The number of halogens is 2. The Morgan fingerprint density at radius 3 is 2.47 bits per heavy atom. The number of hydrogen-bond donors (Lipinski definition) is 1. The number of carboxylic acid groups (broad SMARTS) is 1. The molecule has 1 saturated heterocycles. The van der Waals surface area contributed by atoms with Crippen LogP contribution in [0.1, 0.15) is 21.5 Å². The molecule has 0 bridgehead atoms. The van der Waals surface area contributed by atoms with Crippen LogP contribution in [0.15, 0.2) is 60.8 Å². The summed E-state index contributed by atoms with van der Waals surface area (Å²) in [6, 6.07) is 15.7. The summed E-state index contributed by atoms with van der Waals surface area (Å²) in [6.45, 7) is 4.29. The standard InChI is InChI=1S/C24H23ClFN3O3/c25-21-14-19(7-8-22(21)26)32-16-18-5-3-17(4-6-18)15-28-10-12-29(13-11-28)23-20(24(30)31)2-1-9-27-23/h1-9,14H,10-13,15-16H2,(H,30,31). The molecule has 0 unspecified atom stereocenters. The number of piperazine rings is 1. The van der Waals surface area contributed by atoms with E-state index in [1.54, 1.807) is 24.4 Å². The van der Waals surface area contributed by atoms with Crippen LogP contribution in [0.3, 0.4) is 0 Å². The fourth-order valence-corrected chi connectivity index (χ4v) is 3.84. The number of aromatic carboxylic acids is 1. The minimum Gasteiger partial charge on any atom is -0.489 e. The summed E-state index contributed by atoms with van der Waals surface area (Å²) in [7, 11) is 0. The van der Waals surface area contributed by atoms with Crippen molar-refractivity contribution in [2.45, 2.75) is 13.2 Å². The molecule has 1 N–H and O–H groups in total. The summed E-state index contributed by atoms with van der Waals surface area (Å²) in [6.07, 6.45) is 1.63. The fourth-order valence-electron chi connectivity index (χ4n) is 3.67. The second-order valence-electron chi connectivity index (χ2n) is 7.62. The summed E-state index contributed by atoms with van der Waals surface area (Å²) in [5.41, 5.74) is 2.44. The zero-order valence-corrected chi connectivity index (χ0v) is 18.1. The lowest BCUT2D eigenvalue weighted by molar-refractivity contribution is 0.0697. The highest BCUT2D eigenvalue weighted by atomic mass is 35.5. The molecule has 3 aromatic rings. The molecule has 4 rings (SSSR count). The molecule has 1 aromatic heterocycles. The van der Waals surface area contributed by atoms with Crippen molar-refractivity contribution in [1.82, 2.24) is 9.88 Å². The highest BCUT2D eigenvalue weighted by molar-refractivity contribution is 6.30. The van der Waals surface area contributed by atoms with Crippen LogP contribution in [-0.2, 0) is 13.2 Å². The smallest absolute Gasteiger partial charge is 0.339 e. The van der Waals surface area contributed by atoms with E-state index in [0.717, 1.165) is 38.3 Å². The number of ether oxygens (including phenoxy) is 1. The minimum atomic E-state index is -0.956. The van der Waals surface area contributed by atoms with Crippen LogP contribution in [0.4, 0.5) is 10.2 Å². The summed E-state index contributed by atoms with van der Waals surface area (Å²) < 4.78 is 18.9. The zero-order valence-electron chi connectivity index (χ0n) is 17.4. The molecule has 166 valence electrons. The van der Waals surface area contributed by atoms with Crippen LogP contribution >= 0.6 is 11.6 Å². The predicted molar refractivity (Wildman–Crippen MR) is 121 cm³/mol. The molecule has 8 heteroatoms. The van der Waals surface area contributed by atoms with Crippen LogP contribution in [0.5, 0.6) is 5.75 Å². The zero-order chi connectivity index (χ0) is 22.5. The molecule has 2 aromatic carbocycles. The van der Waals surface area contributed by atoms with Gasteiger partial charge in [-0.3, -0.25) is 4.90 Å². The third-order valence-corrected chi connectivity index (χ3v) is 5.70. The Bertz CT molecular complexity index is 1090. The number of pyridine rings is 1. The van der Waals surface area contributed by atoms with Gasteiger partial charge < -0.3 is 14.7 Å². The third kappa shape index (κ3) is 5.36. The molecule has 1 aliphatic heterocycles. The lowest BCUT2D eigenvalue weighted by Gasteiger charge is -2.35. The maximum absolute atomic E-state index is 13.2. The van der Waals surface area contributed by atoms with Gasteiger partial charge >= 0.3 is 5.97 Å². The molecular formula is C24H23ClFN3O3. The average molecular weight is 456 g/mol. The highest BCUT2D eigenvalue weighted by Crippen LogP contribution is 2.22. The van der Waals surface area contributed by atoms with E-state index < -0.39 is 11.8 Å². The predicted octanol–water partition coefficient (Wildman–Crippen LogP) is 4.47. The van der Waals surface area contributed by atoms with Crippen molar-refractivity contribution in [3.63, 3.8) is 0 Å². The number of benzene rings is 2. The van der Waals surface area contributed by atoms with Gasteiger partial charge in [0.25, 0.3) is 0 Å². The summed E-state index contributed by atoms with van der Waals surface area (Å²) in [5.74, 6) is -0.363. The normalized spacial score (nSPS) is 14.4. The van der Waals surface area contributed by atoms with Crippen molar-refractivity contribution in [3.8, 4) is 5.75 Å². The molecule has 1 fully saturated rings. The van der Waals surface area contributed by atoms with Gasteiger partial charge in [0.1, 0.15) is 29.6 Å². The van der Waals surface area contributed by atoms with E-state index in [0.29, 0.717) is 18.2 Å². The van der Waals surface area contributed by atoms with Gasteiger partial charge in [0.05, 0.1) is 5.02 Å². The lowest BCUT2D eigenvalue weighted by Crippen LogP contribution is -2.46. The Morgan fingerprint density at radius 2 is 1.78 bits per heavy atom. The summed E-state index contributed by atoms with van der Waals surface area (Å²) in [5, 5.41) is 9.43. The summed E-state index contributed by atoms with van der Waals surface area (Å²) >= 11 is 5.78. The van der Waals surface area contributed by atoms with Crippen LogP contribution in [0.25, 0.3) is 0 Å². The highest BCUT2D eigenvalue weighted by Gasteiger charge is 2.22. The van der Waals surface area contributed by atoms with Crippen LogP contribution in [0, 0.1) is 5.82 Å². The second kappa shape index (κ2) is 9.97. The maximum atomic E-state index is 13.2. The number of hydrogen-bond acceptors (Lipinski definition) is 5. The van der Waals surface area contributed by atoms with Gasteiger partial charge in [-0.15, -0.1) is 0 Å². The number of nitrogens with zero attached hydrogens (tertiary/aromatic N) is 3. The van der Waals surface area contributed by atoms with Crippen molar-refractivity contribution in [3.05, 3.63) is 88.3 Å². The number of carboxylic acids is 1. The Labute approximate surface area is 190 Å². The molecular weight excluding hydrogens is 433 g/mol. The maximum Gasteiger partial charge on any atom is 0.339 e. The average Bonchev–Trinajstić information content (AvgIpc) is 2.81. The van der Waals surface area contributed by atoms with E-state index >= 15 is 0 Å². The van der Waals surface area contributed by atoms with Crippen molar-refractivity contribution < 1.29 is 19.0 Å². The van der Waals surface area contributed by atoms with E-state index in [1.165, 1.54) is 17.7 Å². The topological polar surface area (TPSA) is 65.9 Å². The van der Waals surface area contributed by atoms with E-state index in [-0.39, 0.29) is 10.6 Å². The van der Waals surface area contributed by atoms with Gasteiger partial charge in [-0.25, -0.2) is 14.2 Å². The lowest BCUT2D eigenvalue weighted by atomic mass is 10.1. The van der Waals surface area contributed by atoms with Crippen molar-refractivity contribution in [2.75, 3.05) is 31.1 Å². The number of carbonyl (C=O) groups is 1. The van der Waals surface area contributed by atoms with Gasteiger partial charge in [-0.05, 0) is 35.4 Å². The van der Waals surface area contributed by atoms with E-state index in [9.17, 15) is 14.3 Å². The van der Waals surface area contributed by atoms with Gasteiger partial charge in [0, 0.05) is 45.0 Å². The Balaban J connectivity index is 1.28. The van der Waals surface area contributed by atoms with Gasteiger partial charge in [-0.1, -0.05) is 35.9 Å². The van der Waals surface area contributed by atoms with Crippen LogP contribution < -0.4 is 9.64 Å². The van der Waals surface area contributed by atoms with Crippen LogP contribution in [0.2, 0.25) is 5.02 Å². The number of aromatic nitrogens is 1. The monoisotopic (exact) mass is 455 g/mol. The molecule has 32 heavy (non-hydrogen) atoms. The number of anilines is 1. The van der Waals surface area contributed by atoms with Gasteiger partial charge in [-0.2, -0.15) is 0 Å². The second-order valence-corrected chi connectivity index (χ2v) is 8.03. The molecule has 1 aliphatic rings. The first-order valence-electron chi connectivity index (χ1n) is 10.3. The SMILES string of the molecule is O=C(O)c1cccnc1N1CCN(Cc2ccc(COc3ccc(F)c(Cl)c3)cc2)CC1. The molecule has 0 radical (unpaired) electrons. The molecule has 0 amide bonds. The summed E-state index contributed by atoms with van der Waals surface area (Å²) in [4.78, 5) is 20.1. The molecule has 2 heterocycles. The van der Waals surface area contributed by atoms with Crippen molar-refractivity contribution in [2.24, 2.45) is 0 Å². The first kappa shape index (κ1) is 22.0.